The quantitative estimate of drug-likeness (QED) is 0.865. The Morgan fingerprint density at radius 3 is 2.62 bits per heavy atom. The van der Waals surface area contributed by atoms with Gasteiger partial charge in [-0.25, -0.2) is 0 Å². The fraction of sp³-hybridized carbons (Fsp3) is 0.286. The van der Waals surface area contributed by atoms with Gasteiger partial charge in [-0.15, -0.1) is 0 Å². The summed E-state index contributed by atoms with van der Waals surface area (Å²) in [7, 11) is 1.71. The number of nitrogens with zero attached hydrogens (tertiary/aromatic N) is 2. The maximum atomic E-state index is 12.4. The van der Waals surface area contributed by atoms with Gasteiger partial charge in [0.1, 0.15) is 5.75 Å². The highest BCUT2D eigenvalue weighted by molar-refractivity contribution is 6.31. The van der Waals surface area contributed by atoms with Gasteiger partial charge >= 0.3 is 0 Å². The minimum Gasteiger partial charge on any atom is -0.495 e. The smallest absolute Gasteiger partial charge is 0.257 e. The molecule has 1 fully saturated rings. The molecule has 0 atom stereocenters. The number of benzene rings is 2. The molecular weight excluding hydrogens is 326 g/mol. The predicted octanol–water partition coefficient (Wildman–Crippen LogP) is 3.12. The van der Waals surface area contributed by atoms with Crippen molar-refractivity contribution in [2.45, 2.75) is 6.92 Å². The third-order valence-electron chi connectivity index (χ3n) is 5.01. The monoisotopic (exact) mass is 349 g/mol. The van der Waals surface area contributed by atoms with Crippen LogP contribution < -0.4 is 15.0 Å². The molecule has 0 aliphatic carbocycles. The number of fused-ring (bicyclic) bond motifs is 1. The SMILES string of the molecule is COc1ccccc1N1CCN(/C=C2/C(=O)Nc3cc(C)ccc32)CC1. The van der Waals surface area contributed by atoms with E-state index in [1.54, 1.807) is 7.11 Å². The molecular formula is C21H23N3O2. The Balaban J connectivity index is 1.49. The third kappa shape index (κ3) is 3.01. The molecule has 134 valence electrons. The zero-order valence-corrected chi connectivity index (χ0v) is 15.2. The van der Waals surface area contributed by atoms with Crippen LogP contribution in [0.3, 0.4) is 0 Å². The Morgan fingerprint density at radius 1 is 1.08 bits per heavy atom. The normalized spacial score (nSPS) is 18.1. The Labute approximate surface area is 153 Å². The number of anilines is 2. The van der Waals surface area contributed by atoms with Crippen molar-refractivity contribution in [1.29, 1.82) is 0 Å². The molecule has 2 aromatic carbocycles. The van der Waals surface area contributed by atoms with Crippen LogP contribution in [0.4, 0.5) is 11.4 Å². The van der Waals surface area contributed by atoms with Crippen LogP contribution in [-0.4, -0.2) is 44.1 Å². The first kappa shape index (κ1) is 16.5. The minimum absolute atomic E-state index is 0.0160. The highest BCUT2D eigenvalue weighted by Gasteiger charge is 2.26. The molecule has 1 saturated heterocycles. The lowest BCUT2D eigenvalue weighted by molar-refractivity contribution is -0.110. The van der Waals surface area contributed by atoms with Crippen molar-refractivity contribution in [3.63, 3.8) is 0 Å². The summed E-state index contributed by atoms with van der Waals surface area (Å²) in [6.45, 7) is 5.57. The highest BCUT2D eigenvalue weighted by Crippen LogP contribution is 2.33. The van der Waals surface area contributed by atoms with E-state index in [4.69, 9.17) is 4.74 Å². The van der Waals surface area contributed by atoms with E-state index >= 15 is 0 Å². The van der Waals surface area contributed by atoms with Gasteiger partial charge in [0.25, 0.3) is 5.91 Å². The van der Waals surface area contributed by atoms with Crippen LogP contribution in [0.15, 0.2) is 48.7 Å². The van der Waals surface area contributed by atoms with E-state index in [1.165, 1.54) is 0 Å². The Morgan fingerprint density at radius 2 is 1.85 bits per heavy atom. The van der Waals surface area contributed by atoms with Crippen LogP contribution in [0.2, 0.25) is 0 Å². The first-order valence-electron chi connectivity index (χ1n) is 8.92. The number of rotatable bonds is 3. The van der Waals surface area contributed by atoms with E-state index in [2.05, 4.69) is 21.2 Å². The van der Waals surface area contributed by atoms with E-state index in [9.17, 15) is 4.79 Å². The van der Waals surface area contributed by atoms with E-state index < -0.39 is 0 Å². The van der Waals surface area contributed by atoms with Crippen LogP contribution in [0.5, 0.6) is 5.75 Å². The fourth-order valence-corrected chi connectivity index (χ4v) is 3.60. The highest BCUT2D eigenvalue weighted by atomic mass is 16.5. The van der Waals surface area contributed by atoms with Gasteiger partial charge in [-0.2, -0.15) is 0 Å². The molecule has 0 saturated carbocycles. The first-order chi connectivity index (χ1) is 12.7. The molecule has 1 N–H and O–H groups in total. The summed E-state index contributed by atoms with van der Waals surface area (Å²) >= 11 is 0. The van der Waals surface area contributed by atoms with Crippen molar-refractivity contribution in [2.75, 3.05) is 43.5 Å². The van der Waals surface area contributed by atoms with Gasteiger partial charge in [-0.1, -0.05) is 24.3 Å². The zero-order valence-electron chi connectivity index (χ0n) is 15.2. The fourth-order valence-electron chi connectivity index (χ4n) is 3.60. The Hall–Kier alpha value is -2.95. The van der Waals surface area contributed by atoms with E-state index in [0.717, 1.165) is 60.0 Å². The van der Waals surface area contributed by atoms with E-state index in [0.29, 0.717) is 0 Å². The number of aryl methyl sites for hydroxylation is 1. The minimum atomic E-state index is -0.0160. The molecule has 2 aliphatic rings. The number of amides is 1. The van der Waals surface area contributed by atoms with Crippen molar-refractivity contribution in [1.82, 2.24) is 4.90 Å². The molecule has 0 radical (unpaired) electrons. The summed E-state index contributed by atoms with van der Waals surface area (Å²) in [5.74, 6) is 0.886. The van der Waals surface area contributed by atoms with Crippen LogP contribution in [-0.2, 0) is 4.79 Å². The van der Waals surface area contributed by atoms with Gasteiger partial charge in [0.2, 0.25) is 0 Å². The second kappa shape index (κ2) is 6.75. The Kier molecular flexibility index (Phi) is 4.29. The molecule has 2 aliphatic heterocycles. The maximum Gasteiger partial charge on any atom is 0.257 e. The standard InChI is InChI=1S/C21H23N3O2/c1-15-7-8-16-17(21(25)22-18(16)13-15)14-23-9-11-24(12-10-23)19-5-3-4-6-20(19)26-2/h3-8,13-14H,9-12H2,1-2H3,(H,22,25)/b17-14+. The molecule has 0 bridgehead atoms. The summed E-state index contributed by atoms with van der Waals surface area (Å²) < 4.78 is 5.48. The molecule has 0 aromatic heterocycles. The molecule has 5 heteroatoms. The van der Waals surface area contributed by atoms with Gasteiger partial charge in [-0.3, -0.25) is 4.79 Å². The second-order valence-corrected chi connectivity index (χ2v) is 6.74. The molecule has 5 nitrogen and oxygen atoms in total. The van der Waals surface area contributed by atoms with Crippen molar-refractivity contribution < 1.29 is 9.53 Å². The average molecular weight is 349 g/mol. The molecule has 2 heterocycles. The van der Waals surface area contributed by atoms with Gasteiger partial charge < -0.3 is 19.9 Å². The molecule has 0 spiro atoms. The third-order valence-corrected chi connectivity index (χ3v) is 5.01. The lowest BCUT2D eigenvalue weighted by atomic mass is 10.1. The maximum absolute atomic E-state index is 12.4. The van der Waals surface area contributed by atoms with Gasteiger partial charge in [-0.05, 0) is 30.7 Å². The molecule has 26 heavy (non-hydrogen) atoms. The van der Waals surface area contributed by atoms with E-state index in [-0.39, 0.29) is 5.91 Å². The molecule has 2 aromatic rings. The summed E-state index contributed by atoms with van der Waals surface area (Å²) in [5.41, 5.74) is 4.94. The predicted molar refractivity (Wildman–Crippen MR) is 105 cm³/mol. The molecule has 1 amide bonds. The number of ether oxygens (including phenoxy) is 1. The lowest BCUT2D eigenvalue weighted by Crippen LogP contribution is -2.44. The number of nitrogens with one attached hydrogen (secondary N) is 1. The van der Waals surface area contributed by atoms with E-state index in [1.807, 2.05) is 49.5 Å². The summed E-state index contributed by atoms with van der Waals surface area (Å²) in [5, 5.41) is 2.97. The second-order valence-electron chi connectivity index (χ2n) is 6.74. The number of piperazine rings is 1. The summed E-state index contributed by atoms with van der Waals surface area (Å²) in [4.78, 5) is 16.9. The Bertz CT molecular complexity index is 867. The zero-order chi connectivity index (χ0) is 18.1. The summed E-state index contributed by atoms with van der Waals surface area (Å²) in [6, 6.07) is 14.2. The van der Waals surface area contributed by atoms with Gasteiger partial charge in [0.15, 0.2) is 0 Å². The number of carbonyl (C=O) groups excluding carboxylic acids is 1. The number of para-hydroxylation sites is 2. The molecule has 4 rings (SSSR count). The van der Waals surface area contributed by atoms with Crippen LogP contribution >= 0.6 is 0 Å². The van der Waals surface area contributed by atoms with Gasteiger partial charge in [0.05, 0.1) is 18.4 Å². The number of methoxy groups -OCH3 is 1. The van der Waals surface area contributed by atoms with Gasteiger partial charge in [0, 0.05) is 43.6 Å². The van der Waals surface area contributed by atoms with Crippen molar-refractivity contribution in [3.05, 3.63) is 59.8 Å². The van der Waals surface area contributed by atoms with Crippen molar-refractivity contribution in [2.24, 2.45) is 0 Å². The largest absolute Gasteiger partial charge is 0.495 e. The van der Waals surface area contributed by atoms with Crippen LogP contribution in [0.25, 0.3) is 5.57 Å². The first-order valence-corrected chi connectivity index (χ1v) is 8.92. The average Bonchev–Trinajstić information content (AvgIpc) is 2.96. The number of carbonyl (C=O) groups is 1. The summed E-state index contributed by atoms with van der Waals surface area (Å²) in [6.07, 6.45) is 2.01. The number of hydrogen-bond donors (Lipinski definition) is 1. The van der Waals surface area contributed by atoms with Crippen molar-refractivity contribution >= 4 is 22.9 Å². The number of hydrogen-bond acceptors (Lipinski definition) is 4. The van der Waals surface area contributed by atoms with Crippen LogP contribution in [0, 0.1) is 6.92 Å². The van der Waals surface area contributed by atoms with Crippen LogP contribution in [0.1, 0.15) is 11.1 Å². The lowest BCUT2D eigenvalue weighted by Gasteiger charge is -2.36. The molecule has 0 unspecified atom stereocenters. The topological polar surface area (TPSA) is 44.8 Å². The van der Waals surface area contributed by atoms with Crippen molar-refractivity contribution in [3.8, 4) is 5.75 Å².